The van der Waals surface area contributed by atoms with Gasteiger partial charge in [0.05, 0.1) is 0 Å². The van der Waals surface area contributed by atoms with Crippen molar-refractivity contribution in [3.05, 3.63) is 22.5 Å². The van der Waals surface area contributed by atoms with Crippen molar-refractivity contribution >= 4 is 34.2 Å². The first kappa shape index (κ1) is 12.9. The number of hydrogen-bond acceptors (Lipinski definition) is 7. The molecule has 0 saturated heterocycles. The predicted octanol–water partition coefficient (Wildman–Crippen LogP) is 1.99. The summed E-state index contributed by atoms with van der Waals surface area (Å²) in [6.07, 6.45) is 0. The zero-order chi connectivity index (χ0) is 13.1. The molecule has 2 aromatic rings. The molecule has 0 aliphatic carbocycles. The maximum absolute atomic E-state index is 5.82. The second kappa shape index (κ2) is 5.40. The van der Waals surface area contributed by atoms with E-state index in [1.807, 2.05) is 26.8 Å². The minimum atomic E-state index is 0.358. The van der Waals surface area contributed by atoms with Crippen LogP contribution in [0.2, 0.25) is 0 Å². The highest BCUT2D eigenvalue weighted by Crippen LogP contribution is 2.22. The van der Waals surface area contributed by atoms with Crippen LogP contribution in [0.3, 0.4) is 0 Å². The quantitative estimate of drug-likeness (QED) is 0.514. The molecule has 2 heterocycles. The van der Waals surface area contributed by atoms with E-state index in [2.05, 4.69) is 25.2 Å². The summed E-state index contributed by atoms with van der Waals surface area (Å²) in [6.45, 7) is 5.68. The molecule has 0 fully saturated rings. The van der Waals surface area contributed by atoms with Crippen LogP contribution < -0.4 is 5.73 Å². The van der Waals surface area contributed by atoms with E-state index in [-0.39, 0.29) is 0 Å². The Morgan fingerprint density at radius 2 is 1.89 bits per heavy atom. The van der Waals surface area contributed by atoms with Crippen LogP contribution in [0, 0.1) is 20.8 Å². The van der Waals surface area contributed by atoms with Gasteiger partial charge in [-0.3, -0.25) is 0 Å². The maximum atomic E-state index is 5.82. The Morgan fingerprint density at radius 1 is 1.22 bits per heavy atom. The van der Waals surface area contributed by atoms with Gasteiger partial charge in [0.15, 0.2) is 9.51 Å². The van der Waals surface area contributed by atoms with Crippen LogP contribution in [0.1, 0.15) is 16.4 Å². The average molecular weight is 280 g/mol. The van der Waals surface area contributed by atoms with E-state index in [0.29, 0.717) is 11.1 Å². The fourth-order valence-electron chi connectivity index (χ4n) is 1.29. The van der Waals surface area contributed by atoms with Gasteiger partial charge in [-0.2, -0.15) is 4.99 Å². The van der Waals surface area contributed by atoms with E-state index in [4.69, 9.17) is 5.73 Å². The molecule has 18 heavy (non-hydrogen) atoms. The first-order chi connectivity index (χ1) is 8.52. The Kier molecular flexibility index (Phi) is 3.87. The number of aryl methyl sites for hydroxylation is 3. The maximum Gasteiger partial charge on any atom is 0.252 e. The van der Waals surface area contributed by atoms with Gasteiger partial charge in [-0.1, -0.05) is 11.3 Å². The Hall–Kier alpha value is -1.54. The Labute approximate surface area is 113 Å². The molecule has 0 amide bonds. The molecule has 94 valence electrons. The monoisotopic (exact) mass is 280 g/mol. The van der Waals surface area contributed by atoms with Crippen molar-refractivity contribution in [2.75, 3.05) is 0 Å². The van der Waals surface area contributed by atoms with E-state index in [0.717, 1.165) is 20.7 Å². The summed E-state index contributed by atoms with van der Waals surface area (Å²) in [5.74, 6) is 0.374. The molecule has 8 heteroatoms. The Morgan fingerprint density at radius 3 is 2.44 bits per heavy atom. The molecule has 0 atom stereocenters. The molecule has 0 bridgehead atoms. The van der Waals surface area contributed by atoms with Crippen LogP contribution in [0.4, 0.5) is 5.95 Å². The molecule has 0 aliphatic heterocycles. The number of rotatable bonds is 2. The molecular weight excluding hydrogens is 268 g/mol. The SMILES string of the molecule is Cc1cc(C)nc(N=C(N)Sc2nnc(C)s2)n1. The lowest BCUT2D eigenvalue weighted by atomic mass is 10.4. The van der Waals surface area contributed by atoms with Gasteiger partial charge in [-0.05, 0) is 38.6 Å². The van der Waals surface area contributed by atoms with E-state index in [1.54, 1.807) is 0 Å². The number of nitrogens with two attached hydrogens (primary N) is 1. The van der Waals surface area contributed by atoms with Gasteiger partial charge in [0.1, 0.15) is 5.01 Å². The summed E-state index contributed by atoms with van der Waals surface area (Å²) in [6, 6.07) is 1.89. The van der Waals surface area contributed by atoms with Crippen molar-refractivity contribution in [2.24, 2.45) is 10.7 Å². The number of aromatic nitrogens is 4. The summed E-state index contributed by atoms with van der Waals surface area (Å²) < 4.78 is 0.762. The van der Waals surface area contributed by atoms with E-state index < -0.39 is 0 Å². The molecule has 0 saturated carbocycles. The standard InChI is InChI=1S/C10H12N6S2/c1-5-4-6(2)13-9(12-5)14-8(11)18-10-16-15-7(3)17-10/h4H,1-3H3,(H2,11,12,13,14). The van der Waals surface area contributed by atoms with Gasteiger partial charge in [-0.15, -0.1) is 10.2 Å². The molecule has 6 nitrogen and oxygen atoms in total. The van der Waals surface area contributed by atoms with Crippen molar-refractivity contribution in [3.63, 3.8) is 0 Å². The zero-order valence-electron chi connectivity index (χ0n) is 10.2. The first-order valence-corrected chi connectivity index (χ1v) is 6.80. The topological polar surface area (TPSA) is 89.9 Å². The minimum absolute atomic E-state index is 0.358. The number of hydrogen-bond donors (Lipinski definition) is 1. The number of amidine groups is 1. The second-order valence-corrected chi connectivity index (χ2v) is 6.04. The van der Waals surface area contributed by atoms with Gasteiger partial charge < -0.3 is 5.73 Å². The fraction of sp³-hybridized carbons (Fsp3) is 0.300. The second-order valence-electron chi connectivity index (χ2n) is 3.59. The molecule has 0 aliphatic rings. The Balaban J connectivity index is 2.17. The van der Waals surface area contributed by atoms with Crippen molar-refractivity contribution in [3.8, 4) is 0 Å². The minimum Gasteiger partial charge on any atom is -0.378 e. The lowest BCUT2D eigenvalue weighted by molar-refractivity contribution is 0.986. The molecule has 0 unspecified atom stereocenters. The molecule has 2 N–H and O–H groups in total. The van der Waals surface area contributed by atoms with Crippen LogP contribution in [0.25, 0.3) is 0 Å². The number of aliphatic imine (C=N–C) groups is 1. The smallest absolute Gasteiger partial charge is 0.252 e. The van der Waals surface area contributed by atoms with Crippen molar-refractivity contribution < 1.29 is 0 Å². The van der Waals surface area contributed by atoms with Gasteiger partial charge >= 0.3 is 0 Å². The molecule has 2 rings (SSSR count). The Bertz CT molecular complexity index is 572. The van der Waals surface area contributed by atoms with Gasteiger partial charge in [0.25, 0.3) is 5.95 Å². The normalized spacial score (nSPS) is 11.8. The molecule has 0 aromatic carbocycles. The molecule has 0 spiro atoms. The van der Waals surface area contributed by atoms with Crippen LogP contribution >= 0.6 is 23.1 Å². The highest BCUT2D eigenvalue weighted by atomic mass is 32.2. The van der Waals surface area contributed by atoms with Crippen LogP contribution in [0.5, 0.6) is 0 Å². The van der Waals surface area contributed by atoms with Crippen molar-refractivity contribution in [1.82, 2.24) is 20.2 Å². The van der Waals surface area contributed by atoms with Gasteiger partial charge in [0.2, 0.25) is 0 Å². The summed E-state index contributed by atoms with van der Waals surface area (Å²) >= 11 is 2.74. The van der Waals surface area contributed by atoms with Crippen LogP contribution in [0.15, 0.2) is 15.4 Å². The molecular formula is C10H12N6S2. The third-order valence-electron chi connectivity index (χ3n) is 1.88. The zero-order valence-corrected chi connectivity index (χ0v) is 11.8. The molecule has 2 aromatic heterocycles. The van der Waals surface area contributed by atoms with E-state index in [1.165, 1.54) is 23.1 Å². The summed E-state index contributed by atoms with van der Waals surface area (Å²) in [4.78, 5) is 12.6. The lowest BCUT2D eigenvalue weighted by Gasteiger charge is -1.99. The van der Waals surface area contributed by atoms with E-state index in [9.17, 15) is 0 Å². The largest absolute Gasteiger partial charge is 0.378 e. The average Bonchev–Trinajstić information content (AvgIpc) is 2.61. The highest BCUT2D eigenvalue weighted by Gasteiger charge is 2.05. The third kappa shape index (κ3) is 3.47. The summed E-state index contributed by atoms with van der Waals surface area (Å²) in [5, 5.41) is 9.13. The fourth-order valence-corrected chi connectivity index (χ4v) is 2.88. The highest BCUT2D eigenvalue weighted by molar-refractivity contribution is 8.15. The van der Waals surface area contributed by atoms with Crippen molar-refractivity contribution in [1.29, 1.82) is 0 Å². The lowest BCUT2D eigenvalue weighted by Crippen LogP contribution is -2.06. The number of thioether (sulfide) groups is 1. The van der Waals surface area contributed by atoms with Crippen molar-refractivity contribution in [2.45, 2.75) is 25.1 Å². The van der Waals surface area contributed by atoms with Gasteiger partial charge in [-0.25, -0.2) is 9.97 Å². The summed E-state index contributed by atoms with van der Waals surface area (Å²) in [7, 11) is 0. The van der Waals surface area contributed by atoms with Crippen LogP contribution in [-0.4, -0.2) is 25.3 Å². The number of nitrogens with zero attached hydrogens (tertiary/aromatic N) is 5. The predicted molar refractivity (Wildman–Crippen MR) is 73.3 cm³/mol. The summed E-state index contributed by atoms with van der Waals surface area (Å²) in [5.41, 5.74) is 7.55. The molecule has 0 radical (unpaired) electrons. The van der Waals surface area contributed by atoms with Crippen LogP contribution in [-0.2, 0) is 0 Å². The van der Waals surface area contributed by atoms with Gasteiger partial charge in [0, 0.05) is 11.4 Å². The van der Waals surface area contributed by atoms with E-state index >= 15 is 0 Å². The third-order valence-corrected chi connectivity index (χ3v) is 3.57. The first-order valence-electron chi connectivity index (χ1n) is 5.17.